The summed E-state index contributed by atoms with van der Waals surface area (Å²) < 4.78 is 22.6. The Morgan fingerprint density at radius 1 is 0.455 bits per heavy atom. The molecule has 3 nitrogen and oxygen atoms in total. The normalized spacial score (nSPS) is 11.8. The van der Waals surface area contributed by atoms with E-state index in [0.29, 0.717) is 22.6 Å². The number of hydrogen-bond acceptors (Lipinski definition) is 3. The number of aromatic nitrogens is 2. The van der Waals surface area contributed by atoms with Gasteiger partial charge in [0, 0.05) is 10.9 Å². The van der Waals surface area contributed by atoms with Crippen LogP contribution in [0, 0.1) is 5.82 Å². The van der Waals surface area contributed by atoms with Crippen LogP contribution < -0.4 is 0 Å². The molecule has 0 saturated heterocycles. The molecule has 0 N–H and O–H groups in total. The van der Waals surface area contributed by atoms with Crippen LogP contribution in [-0.2, 0) is 0 Å². The maximum absolute atomic E-state index is 16.2. The van der Waals surface area contributed by atoms with Gasteiger partial charge < -0.3 is 4.42 Å². The highest BCUT2D eigenvalue weighted by atomic mass is 19.1. The van der Waals surface area contributed by atoms with Gasteiger partial charge in [0.05, 0.1) is 16.6 Å². The van der Waals surface area contributed by atoms with Gasteiger partial charge in [0.25, 0.3) is 0 Å². The van der Waals surface area contributed by atoms with Crippen molar-refractivity contribution < 1.29 is 8.81 Å². The molecule has 9 aromatic rings. The highest BCUT2D eigenvalue weighted by Gasteiger charge is 2.21. The predicted octanol–water partition coefficient (Wildman–Crippen LogP) is 11.0. The first-order valence-electron chi connectivity index (χ1n) is 14.6. The van der Waals surface area contributed by atoms with Crippen molar-refractivity contribution in [2.75, 3.05) is 0 Å². The summed E-state index contributed by atoms with van der Waals surface area (Å²) in [5.74, 6) is -0.0888. The van der Waals surface area contributed by atoms with E-state index >= 15 is 4.39 Å². The van der Waals surface area contributed by atoms with Gasteiger partial charge >= 0.3 is 0 Å². The molecule has 0 aliphatic heterocycles. The van der Waals surface area contributed by atoms with Crippen molar-refractivity contribution in [3.63, 3.8) is 0 Å². The van der Waals surface area contributed by atoms with Crippen LogP contribution in [0.15, 0.2) is 144 Å². The second kappa shape index (κ2) is 9.58. The van der Waals surface area contributed by atoms with E-state index in [9.17, 15) is 0 Å². The highest BCUT2D eigenvalue weighted by molar-refractivity contribution is 6.25. The summed E-state index contributed by atoms with van der Waals surface area (Å²) in [6.45, 7) is 0. The molecule has 7 aromatic carbocycles. The average molecular weight is 567 g/mol. The smallest absolute Gasteiger partial charge is 0.231 e. The van der Waals surface area contributed by atoms with Crippen LogP contribution >= 0.6 is 0 Å². The van der Waals surface area contributed by atoms with E-state index in [1.54, 1.807) is 6.07 Å². The minimum Gasteiger partial charge on any atom is -0.438 e. The number of fused-ring (bicyclic) bond motifs is 9. The summed E-state index contributed by atoms with van der Waals surface area (Å²) in [6.07, 6.45) is 0. The molecular weight excluding hydrogens is 543 g/mol. The highest BCUT2D eigenvalue weighted by Crippen LogP contribution is 2.41. The third-order valence-corrected chi connectivity index (χ3v) is 8.56. The molecule has 0 unspecified atom stereocenters. The molecule has 0 saturated carbocycles. The van der Waals surface area contributed by atoms with Crippen LogP contribution in [-0.4, -0.2) is 9.97 Å². The molecule has 0 aliphatic carbocycles. The van der Waals surface area contributed by atoms with Gasteiger partial charge in [0.2, 0.25) is 5.71 Å². The quantitative estimate of drug-likeness (QED) is 0.200. The SMILES string of the molecule is Fc1cc2c3ccccc3c3ccccc3c2cc1-c1nc(-c2ccccc2)c2c(n1)oc1ccc(-c3ccccc3)cc12. The zero-order valence-electron chi connectivity index (χ0n) is 23.5. The summed E-state index contributed by atoms with van der Waals surface area (Å²) in [6, 6.07) is 46.3. The maximum Gasteiger partial charge on any atom is 0.231 e. The first-order chi connectivity index (χ1) is 21.7. The lowest BCUT2D eigenvalue weighted by Gasteiger charge is -2.13. The second-order valence-electron chi connectivity index (χ2n) is 11.1. The summed E-state index contributed by atoms with van der Waals surface area (Å²) in [5.41, 5.74) is 5.27. The number of halogens is 1. The van der Waals surface area contributed by atoms with Gasteiger partial charge in [-0.3, -0.25) is 0 Å². The topological polar surface area (TPSA) is 38.9 Å². The first kappa shape index (κ1) is 24.7. The molecule has 9 rings (SSSR count). The fourth-order valence-corrected chi connectivity index (χ4v) is 6.51. The van der Waals surface area contributed by atoms with Crippen molar-refractivity contribution in [3.8, 4) is 33.8 Å². The molecule has 2 aromatic heterocycles. The van der Waals surface area contributed by atoms with Gasteiger partial charge in [-0.05, 0) is 67.7 Å². The molecule has 4 heteroatoms. The fourth-order valence-electron chi connectivity index (χ4n) is 6.51. The Bertz CT molecular complexity index is 2550. The summed E-state index contributed by atoms with van der Waals surface area (Å²) >= 11 is 0. The Labute approximate surface area is 251 Å². The van der Waals surface area contributed by atoms with Gasteiger partial charge in [0.15, 0.2) is 5.82 Å². The molecular formula is C40H23FN2O. The minimum absolute atomic E-state index is 0.287. The summed E-state index contributed by atoms with van der Waals surface area (Å²) in [4.78, 5) is 9.93. The number of hydrogen-bond donors (Lipinski definition) is 0. The largest absolute Gasteiger partial charge is 0.438 e. The average Bonchev–Trinajstić information content (AvgIpc) is 3.46. The molecule has 2 heterocycles. The van der Waals surface area contributed by atoms with Gasteiger partial charge in [0.1, 0.15) is 11.4 Å². The van der Waals surface area contributed by atoms with E-state index in [4.69, 9.17) is 14.4 Å². The molecule has 0 radical (unpaired) electrons. The summed E-state index contributed by atoms with van der Waals surface area (Å²) in [7, 11) is 0. The third kappa shape index (κ3) is 3.74. The van der Waals surface area contributed by atoms with Crippen LogP contribution in [0.25, 0.3) is 88.2 Å². The van der Waals surface area contributed by atoms with E-state index in [0.717, 1.165) is 59.8 Å². The Morgan fingerprint density at radius 3 is 1.68 bits per heavy atom. The Balaban J connectivity index is 1.34. The van der Waals surface area contributed by atoms with Crippen molar-refractivity contribution in [2.45, 2.75) is 0 Å². The van der Waals surface area contributed by atoms with Crippen molar-refractivity contribution >= 4 is 54.4 Å². The number of nitrogens with zero attached hydrogens (tertiary/aromatic N) is 2. The lowest BCUT2D eigenvalue weighted by molar-refractivity contribution is 0.630. The number of benzene rings is 7. The number of furan rings is 1. The van der Waals surface area contributed by atoms with E-state index in [-0.39, 0.29) is 11.6 Å². The minimum atomic E-state index is -0.376. The zero-order chi connectivity index (χ0) is 29.2. The van der Waals surface area contributed by atoms with Gasteiger partial charge in [-0.2, -0.15) is 4.98 Å². The van der Waals surface area contributed by atoms with Crippen molar-refractivity contribution in [1.29, 1.82) is 0 Å². The lowest BCUT2D eigenvalue weighted by Crippen LogP contribution is -1.97. The fraction of sp³-hybridized carbons (Fsp3) is 0. The van der Waals surface area contributed by atoms with Crippen LogP contribution in [0.3, 0.4) is 0 Å². The number of rotatable bonds is 3. The molecule has 0 atom stereocenters. The third-order valence-electron chi connectivity index (χ3n) is 8.56. The molecule has 44 heavy (non-hydrogen) atoms. The van der Waals surface area contributed by atoms with Crippen molar-refractivity contribution in [1.82, 2.24) is 9.97 Å². The monoisotopic (exact) mass is 566 g/mol. The van der Waals surface area contributed by atoms with E-state index in [1.165, 1.54) is 0 Å². The summed E-state index contributed by atoms with van der Waals surface area (Å²) in [5, 5.41) is 7.85. The molecule has 0 amide bonds. The molecule has 0 aliphatic rings. The molecule has 0 fully saturated rings. The van der Waals surface area contributed by atoms with Crippen LogP contribution in [0.4, 0.5) is 4.39 Å². The predicted molar refractivity (Wildman–Crippen MR) is 178 cm³/mol. The lowest BCUT2D eigenvalue weighted by atomic mass is 9.93. The Morgan fingerprint density at radius 2 is 1.02 bits per heavy atom. The van der Waals surface area contributed by atoms with Gasteiger partial charge in [-0.1, -0.05) is 115 Å². The Hall–Kier alpha value is -5.87. The molecule has 0 bridgehead atoms. The maximum atomic E-state index is 16.2. The molecule has 0 spiro atoms. The van der Waals surface area contributed by atoms with Gasteiger partial charge in [-0.15, -0.1) is 0 Å². The van der Waals surface area contributed by atoms with E-state index < -0.39 is 0 Å². The van der Waals surface area contributed by atoms with E-state index in [1.807, 2.05) is 84.9 Å². The first-order valence-corrected chi connectivity index (χ1v) is 14.6. The Kier molecular flexibility index (Phi) is 5.38. The standard InChI is InChI=1S/C40H23FN2O/c41-35-23-32-30-18-10-8-16-28(30)27-15-7-9-17-29(27)31(32)22-33(35)39-42-38(25-13-5-2-6-14-25)37-34-21-26(24-11-3-1-4-12-24)19-20-36(34)44-40(37)43-39/h1-23H. The van der Waals surface area contributed by atoms with E-state index in [2.05, 4.69) is 48.5 Å². The second-order valence-corrected chi connectivity index (χ2v) is 11.1. The van der Waals surface area contributed by atoms with Gasteiger partial charge in [-0.25, -0.2) is 9.37 Å². The van der Waals surface area contributed by atoms with Crippen LogP contribution in [0.2, 0.25) is 0 Å². The van der Waals surface area contributed by atoms with Crippen LogP contribution in [0.5, 0.6) is 0 Å². The molecule has 206 valence electrons. The van der Waals surface area contributed by atoms with Crippen molar-refractivity contribution in [3.05, 3.63) is 145 Å². The van der Waals surface area contributed by atoms with Crippen molar-refractivity contribution in [2.24, 2.45) is 0 Å². The zero-order valence-corrected chi connectivity index (χ0v) is 23.5. The van der Waals surface area contributed by atoms with Crippen LogP contribution in [0.1, 0.15) is 0 Å².